The van der Waals surface area contributed by atoms with Gasteiger partial charge in [-0.1, -0.05) is 6.55 Å². The van der Waals surface area contributed by atoms with E-state index in [1.807, 2.05) is 0 Å². The van der Waals surface area contributed by atoms with E-state index >= 15 is 0 Å². The van der Waals surface area contributed by atoms with Crippen molar-refractivity contribution in [1.82, 2.24) is 0 Å². The molecule has 4 atom stereocenters. The molecule has 0 aromatic carbocycles. The Morgan fingerprint density at radius 3 is 2.88 bits per heavy atom. The first-order valence-corrected chi connectivity index (χ1v) is 9.73. The van der Waals surface area contributed by atoms with Crippen molar-refractivity contribution in [3.63, 3.8) is 0 Å². The van der Waals surface area contributed by atoms with Crippen LogP contribution in [0.5, 0.6) is 0 Å². The molecule has 1 saturated carbocycles. The molecule has 2 nitrogen and oxygen atoms in total. The van der Waals surface area contributed by atoms with E-state index in [0.29, 0.717) is 17.4 Å². The van der Waals surface area contributed by atoms with Crippen molar-refractivity contribution >= 4 is 9.52 Å². The van der Waals surface area contributed by atoms with Gasteiger partial charge in [-0.15, -0.1) is 0 Å². The predicted octanol–water partition coefficient (Wildman–Crippen LogP) is 2.45. The Morgan fingerprint density at radius 1 is 1.24 bits per heavy atom. The molecule has 3 fully saturated rings. The third kappa shape index (κ3) is 2.77. The van der Waals surface area contributed by atoms with Crippen LogP contribution in [0, 0.1) is 5.92 Å². The highest BCUT2D eigenvalue weighted by atomic mass is 28.2. The molecule has 0 aromatic rings. The minimum absolute atomic E-state index is 0.0413. The van der Waals surface area contributed by atoms with E-state index in [0.717, 1.165) is 12.5 Å². The van der Waals surface area contributed by atoms with Crippen LogP contribution in [-0.2, 0) is 9.47 Å². The summed E-state index contributed by atoms with van der Waals surface area (Å²) in [7, 11) is -0.0413. The lowest BCUT2D eigenvalue weighted by atomic mass is 9.85. The number of epoxide rings is 1. The number of fused-ring (bicyclic) bond motifs is 1. The van der Waals surface area contributed by atoms with Gasteiger partial charge in [-0.05, 0) is 57.3 Å². The SMILES string of the molecule is C[SiH2]C1(CCC2CCC3OC3C2)CCCCO1. The highest BCUT2D eigenvalue weighted by Gasteiger charge is 2.44. The quantitative estimate of drug-likeness (QED) is 0.568. The fraction of sp³-hybridized carbons (Fsp3) is 1.00. The molecule has 0 radical (unpaired) electrons. The third-order valence-electron chi connectivity index (χ3n) is 5.20. The van der Waals surface area contributed by atoms with Crippen molar-refractivity contribution in [3.8, 4) is 0 Å². The van der Waals surface area contributed by atoms with Crippen molar-refractivity contribution in [1.29, 1.82) is 0 Å². The molecule has 0 bridgehead atoms. The van der Waals surface area contributed by atoms with Crippen LogP contribution >= 0.6 is 0 Å². The molecule has 3 aliphatic rings. The van der Waals surface area contributed by atoms with E-state index in [1.54, 1.807) is 0 Å². The fourth-order valence-electron chi connectivity index (χ4n) is 3.78. The summed E-state index contributed by atoms with van der Waals surface area (Å²) < 4.78 is 11.8. The van der Waals surface area contributed by atoms with Gasteiger partial charge in [-0.2, -0.15) is 0 Å². The minimum Gasteiger partial charge on any atom is -0.379 e. The van der Waals surface area contributed by atoms with E-state index in [-0.39, 0.29) is 9.52 Å². The molecule has 0 spiro atoms. The van der Waals surface area contributed by atoms with Crippen LogP contribution in [0.1, 0.15) is 51.4 Å². The Kier molecular flexibility index (Phi) is 3.60. The highest BCUT2D eigenvalue weighted by Crippen LogP contribution is 2.42. The van der Waals surface area contributed by atoms with Gasteiger partial charge < -0.3 is 9.47 Å². The van der Waals surface area contributed by atoms with Crippen LogP contribution in [0.15, 0.2) is 0 Å². The van der Waals surface area contributed by atoms with Gasteiger partial charge in [0.15, 0.2) is 0 Å². The van der Waals surface area contributed by atoms with Crippen LogP contribution in [0.4, 0.5) is 0 Å². The first-order valence-electron chi connectivity index (χ1n) is 7.61. The zero-order chi connectivity index (χ0) is 11.7. The number of hydrogen-bond donors (Lipinski definition) is 0. The van der Waals surface area contributed by atoms with Crippen molar-refractivity contribution in [2.45, 2.75) is 75.3 Å². The van der Waals surface area contributed by atoms with Crippen LogP contribution in [-0.4, -0.2) is 33.6 Å². The molecule has 17 heavy (non-hydrogen) atoms. The molecule has 2 saturated heterocycles. The average molecular weight is 254 g/mol. The van der Waals surface area contributed by atoms with Crippen LogP contribution in [0.3, 0.4) is 0 Å². The predicted molar refractivity (Wildman–Crippen MR) is 72.2 cm³/mol. The van der Waals surface area contributed by atoms with E-state index < -0.39 is 0 Å². The molecule has 2 heterocycles. The fourth-order valence-corrected chi connectivity index (χ4v) is 5.29. The largest absolute Gasteiger partial charge is 0.379 e. The molecule has 0 aromatic heterocycles. The molecule has 3 rings (SSSR count). The third-order valence-corrected chi connectivity index (χ3v) is 7.40. The summed E-state index contributed by atoms with van der Waals surface area (Å²) in [5.74, 6) is 0.932. The van der Waals surface area contributed by atoms with Gasteiger partial charge in [0.1, 0.15) is 0 Å². The minimum atomic E-state index is -0.0413. The molecular formula is C14H26O2Si. The second-order valence-electron chi connectivity index (χ2n) is 6.27. The van der Waals surface area contributed by atoms with Crippen LogP contribution in [0.25, 0.3) is 0 Å². The van der Waals surface area contributed by atoms with Gasteiger partial charge in [0.05, 0.1) is 27.0 Å². The summed E-state index contributed by atoms with van der Waals surface area (Å²) in [6.45, 7) is 3.46. The maximum absolute atomic E-state index is 6.17. The Labute approximate surface area is 107 Å². The maximum atomic E-state index is 6.17. The molecule has 98 valence electrons. The Hall–Kier alpha value is 0.137. The number of rotatable bonds is 4. The smallest absolute Gasteiger partial charge is 0.0844 e. The second kappa shape index (κ2) is 5.02. The highest BCUT2D eigenvalue weighted by molar-refractivity contribution is 6.37. The zero-order valence-electron chi connectivity index (χ0n) is 11.1. The van der Waals surface area contributed by atoms with Gasteiger partial charge >= 0.3 is 0 Å². The van der Waals surface area contributed by atoms with Crippen molar-refractivity contribution in [2.75, 3.05) is 6.61 Å². The van der Waals surface area contributed by atoms with Crippen LogP contribution < -0.4 is 0 Å². The van der Waals surface area contributed by atoms with Gasteiger partial charge in [0.2, 0.25) is 0 Å². The number of ether oxygens (including phenoxy) is 2. The lowest BCUT2D eigenvalue weighted by Gasteiger charge is -2.38. The monoisotopic (exact) mass is 254 g/mol. The van der Waals surface area contributed by atoms with E-state index in [2.05, 4.69) is 6.55 Å². The summed E-state index contributed by atoms with van der Waals surface area (Å²) in [6.07, 6.45) is 12.2. The van der Waals surface area contributed by atoms with Gasteiger partial charge in [0, 0.05) is 6.61 Å². The molecule has 0 N–H and O–H groups in total. The molecule has 3 heteroatoms. The van der Waals surface area contributed by atoms with Crippen LogP contribution in [0.2, 0.25) is 6.55 Å². The van der Waals surface area contributed by atoms with Gasteiger partial charge in [-0.3, -0.25) is 0 Å². The first-order chi connectivity index (χ1) is 8.31. The summed E-state index contributed by atoms with van der Waals surface area (Å²) >= 11 is 0. The van der Waals surface area contributed by atoms with Gasteiger partial charge in [-0.25, -0.2) is 0 Å². The lowest BCUT2D eigenvalue weighted by molar-refractivity contribution is -0.0290. The topological polar surface area (TPSA) is 21.8 Å². The van der Waals surface area contributed by atoms with Crippen molar-refractivity contribution < 1.29 is 9.47 Å². The van der Waals surface area contributed by atoms with E-state index in [1.165, 1.54) is 51.4 Å². The van der Waals surface area contributed by atoms with Gasteiger partial charge in [0.25, 0.3) is 0 Å². The van der Waals surface area contributed by atoms with Crippen molar-refractivity contribution in [3.05, 3.63) is 0 Å². The summed E-state index contributed by atoms with van der Waals surface area (Å²) in [6, 6.07) is 0. The molecule has 1 aliphatic carbocycles. The van der Waals surface area contributed by atoms with E-state index in [9.17, 15) is 0 Å². The molecular weight excluding hydrogens is 228 g/mol. The summed E-state index contributed by atoms with van der Waals surface area (Å²) in [5, 5.41) is 0.375. The van der Waals surface area contributed by atoms with E-state index in [4.69, 9.17) is 9.47 Å². The average Bonchev–Trinajstić information content (AvgIpc) is 3.16. The molecule has 0 amide bonds. The lowest BCUT2D eigenvalue weighted by Crippen LogP contribution is -2.41. The summed E-state index contributed by atoms with van der Waals surface area (Å²) in [4.78, 5) is 0. The molecule has 2 aliphatic heterocycles. The Balaban J connectivity index is 1.47. The maximum Gasteiger partial charge on any atom is 0.0844 e. The Morgan fingerprint density at radius 2 is 2.18 bits per heavy atom. The normalized spacial score (nSPS) is 46.1. The molecule has 4 unspecified atom stereocenters. The Bertz CT molecular complexity index is 263. The second-order valence-corrected chi connectivity index (χ2v) is 8.27. The standard InChI is InChI=1S/C14H26O2Si/c1-17-14(7-2-3-9-15-14)8-6-11-4-5-12-13(10-11)16-12/h11-13H,2-10,17H2,1H3. The first kappa shape index (κ1) is 12.2. The number of hydrogen-bond acceptors (Lipinski definition) is 2. The summed E-state index contributed by atoms with van der Waals surface area (Å²) in [5.41, 5.74) is 0. The zero-order valence-corrected chi connectivity index (χ0v) is 12.5. The van der Waals surface area contributed by atoms with Crippen molar-refractivity contribution in [2.24, 2.45) is 5.92 Å².